The van der Waals surface area contributed by atoms with E-state index in [0.717, 1.165) is 11.6 Å². The first-order chi connectivity index (χ1) is 10.4. The molecule has 0 aromatic heterocycles. The first-order valence-electron chi connectivity index (χ1n) is 6.15. The van der Waals surface area contributed by atoms with Crippen molar-refractivity contribution >= 4 is 21.4 Å². The molecule has 0 aliphatic rings. The van der Waals surface area contributed by atoms with E-state index in [1.54, 1.807) is 12.1 Å². The van der Waals surface area contributed by atoms with Crippen LogP contribution in [0.1, 0.15) is 5.56 Å². The van der Waals surface area contributed by atoms with Crippen molar-refractivity contribution in [2.24, 2.45) is 0 Å². The monoisotopic (exact) mass is 317 g/mol. The molecule has 1 N–H and O–H groups in total. The molecule has 22 heavy (non-hydrogen) atoms. The van der Waals surface area contributed by atoms with Gasteiger partial charge < -0.3 is 0 Å². The van der Waals surface area contributed by atoms with Gasteiger partial charge in [-0.1, -0.05) is 18.2 Å². The van der Waals surface area contributed by atoms with Crippen molar-refractivity contribution in [3.05, 3.63) is 64.2 Å². The van der Waals surface area contributed by atoms with Crippen molar-refractivity contribution < 1.29 is 13.3 Å². The Bertz CT molecular complexity index is 839. The van der Waals surface area contributed by atoms with E-state index >= 15 is 0 Å². The lowest BCUT2D eigenvalue weighted by atomic mass is 10.1. The Hall–Kier alpha value is -2.92. The van der Waals surface area contributed by atoms with Crippen LogP contribution in [0.2, 0.25) is 0 Å². The fourth-order valence-electron chi connectivity index (χ4n) is 1.76. The van der Waals surface area contributed by atoms with E-state index in [4.69, 9.17) is 5.26 Å². The molecule has 0 aliphatic heterocycles. The zero-order valence-corrected chi connectivity index (χ0v) is 12.1. The average Bonchev–Trinajstić information content (AvgIpc) is 2.49. The van der Waals surface area contributed by atoms with Gasteiger partial charge in [0, 0.05) is 17.8 Å². The first-order valence-corrected chi connectivity index (χ1v) is 7.64. The van der Waals surface area contributed by atoms with Crippen molar-refractivity contribution in [3.63, 3.8) is 0 Å². The summed E-state index contributed by atoms with van der Waals surface area (Å²) in [7, 11) is -3.91. The van der Waals surface area contributed by atoms with Gasteiger partial charge in [0.1, 0.15) is 0 Å². The van der Waals surface area contributed by atoms with Gasteiger partial charge in [-0.05, 0) is 23.8 Å². The number of nitro groups is 1. The summed E-state index contributed by atoms with van der Waals surface area (Å²) in [6.45, 7) is 0. The maximum absolute atomic E-state index is 12.2. The van der Waals surface area contributed by atoms with Crippen LogP contribution in [0.3, 0.4) is 0 Å². The van der Waals surface area contributed by atoms with E-state index in [9.17, 15) is 18.5 Å². The molecular formula is C14H11N3O4S. The lowest BCUT2D eigenvalue weighted by Crippen LogP contribution is -2.13. The minimum absolute atomic E-state index is 0.192. The summed E-state index contributed by atoms with van der Waals surface area (Å²) in [5.74, 6) is 0. The number of non-ortho nitro benzene ring substituents is 1. The van der Waals surface area contributed by atoms with Crippen LogP contribution in [0, 0.1) is 21.4 Å². The molecule has 0 fully saturated rings. The molecule has 0 amide bonds. The number of sulfonamides is 1. The van der Waals surface area contributed by atoms with Gasteiger partial charge in [0.05, 0.1) is 22.3 Å². The highest BCUT2D eigenvalue weighted by atomic mass is 32.2. The molecule has 0 spiro atoms. The first kappa shape index (κ1) is 15.5. The fourth-order valence-corrected chi connectivity index (χ4v) is 2.86. The van der Waals surface area contributed by atoms with Gasteiger partial charge in [0.25, 0.3) is 15.7 Å². The Morgan fingerprint density at radius 3 is 2.45 bits per heavy atom. The third-order valence-electron chi connectivity index (χ3n) is 2.83. The highest BCUT2D eigenvalue weighted by molar-refractivity contribution is 7.92. The number of nitro benzene ring substituents is 1. The van der Waals surface area contributed by atoms with Crippen molar-refractivity contribution in [1.29, 1.82) is 5.26 Å². The second-order valence-electron chi connectivity index (χ2n) is 4.39. The summed E-state index contributed by atoms with van der Waals surface area (Å²) in [4.78, 5) is 9.85. The topological polar surface area (TPSA) is 113 Å². The van der Waals surface area contributed by atoms with Gasteiger partial charge >= 0.3 is 0 Å². The fraction of sp³-hybridized carbons (Fsp3) is 0.0714. The molecule has 2 aromatic carbocycles. The Morgan fingerprint density at radius 1 is 1.18 bits per heavy atom. The molecule has 0 saturated carbocycles. The van der Waals surface area contributed by atoms with Gasteiger partial charge in [0.15, 0.2) is 0 Å². The predicted molar refractivity (Wildman–Crippen MR) is 79.7 cm³/mol. The van der Waals surface area contributed by atoms with E-state index in [1.165, 1.54) is 30.3 Å². The van der Waals surface area contributed by atoms with Crippen LogP contribution in [0.15, 0.2) is 53.4 Å². The predicted octanol–water partition coefficient (Wildman–Crippen LogP) is 2.46. The number of nitriles is 1. The van der Waals surface area contributed by atoms with E-state index in [2.05, 4.69) is 4.72 Å². The van der Waals surface area contributed by atoms with Crippen LogP contribution >= 0.6 is 0 Å². The Balaban J connectivity index is 2.26. The average molecular weight is 317 g/mol. The molecule has 7 nitrogen and oxygen atoms in total. The van der Waals surface area contributed by atoms with Crippen LogP contribution in [0.4, 0.5) is 11.4 Å². The highest BCUT2D eigenvalue weighted by Crippen LogP contribution is 2.20. The van der Waals surface area contributed by atoms with Gasteiger partial charge in [-0.25, -0.2) is 8.42 Å². The van der Waals surface area contributed by atoms with Crippen molar-refractivity contribution in [3.8, 4) is 6.07 Å². The molecule has 0 aliphatic carbocycles. The Morgan fingerprint density at radius 2 is 1.86 bits per heavy atom. The number of benzene rings is 2. The lowest BCUT2D eigenvalue weighted by molar-refractivity contribution is -0.385. The summed E-state index contributed by atoms with van der Waals surface area (Å²) in [5.41, 5.74) is 0.779. The second-order valence-corrected chi connectivity index (χ2v) is 6.07. The smallest absolute Gasteiger partial charge is 0.270 e. The summed E-state index contributed by atoms with van der Waals surface area (Å²) in [6.07, 6.45) is 0.234. The third-order valence-corrected chi connectivity index (χ3v) is 4.21. The quantitative estimate of drug-likeness (QED) is 0.672. The molecule has 2 aromatic rings. The molecule has 0 saturated heterocycles. The van der Waals surface area contributed by atoms with E-state index in [1.807, 2.05) is 6.07 Å². The number of rotatable bonds is 5. The SMILES string of the molecule is N#CCc1ccc(NS(=O)(=O)c2cccc([N+](=O)[O-])c2)cc1. The largest absolute Gasteiger partial charge is 0.280 e. The molecule has 0 unspecified atom stereocenters. The van der Waals surface area contributed by atoms with Crippen LogP contribution in [0.25, 0.3) is 0 Å². The number of nitrogens with zero attached hydrogens (tertiary/aromatic N) is 2. The maximum atomic E-state index is 12.2. The summed E-state index contributed by atoms with van der Waals surface area (Å²) < 4.78 is 26.7. The minimum Gasteiger partial charge on any atom is -0.280 e. The Labute approximate surface area is 127 Å². The molecule has 8 heteroatoms. The van der Waals surface area contributed by atoms with Gasteiger partial charge in [-0.15, -0.1) is 0 Å². The highest BCUT2D eigenvalue weighted by Gasteiger charge is 2.17. The molecular weight excluding hydrogens is 306 g/mol. The second kappa shape index (κ2) is 6.24. The van der Waals surface area contributed by atoms with Gasteiger partial charge in [0.2, 0.25) is 0 Å². The molecule has 0 radical (unpaired) electrons. The molecule has 0 heterocycles. The van der Waals surface area contributed by atoms with E-state index < -0.39 is 14.9 Å². The van der Waals surface area contributed by atoms with E-state index in [0.29, 0.717) is 5.69 Å². The van der Waals surface area contributed by atoms with Crippen molar-refractivity contribution in [1.82, 2.24) is 0 Å². The molecule has 2 rings (SSSR count). The number of nitrogens with one attached hydrogen (secondary N) is 1. The van der Waals surface area contributed by atoms with Crippen LogP contribution < -0.4 is 4.72 Å². The summed E-state index contributed by atoms with van der Waals surface area (Å²) >= 11 is 0. The number of anilines is 1. The standard InChI is InChI=1S/C14H11N3O4S/c15-9-8-11-4-6-12(7-5-11)16-22(20,21)14-3-1-2-13(10-14)17(18)19/h1-7,10,16H,8H2. The van der Waals surface area contributed by atoms with E-state index in [-0.39, 0.29) is 17.0 Å². The lowest BCUT2D eigenvalue weighted by Gasteiger charge is -2.08. The van der Waals surface area contributed by atoms with Gasteiger partial charge in [-0.3, -0.25) is 14.8 Å². The van der Waals surface area contributed by atoms with Crippen LogP contribution in [-0.4, -0.2) is 13.3 Å². The van der Waals surface area contributed by atoms with Crippen LogP contribution in [0.5, 0.6) is 0 Å². The van der Waals surface area contributed by atoms with Crippen molar-refractivity contribution in [2.75, 3.05) is 4.72 Å². The summed E-state index contributed by atoms with van der Waals surface area (Å²) in [5, 5.41) is 19.3. The minimum atomic E-state index is -3.91. The Kier molecular flexibility index (Phi) is 4.39. The third kappa shape index (κ3) is 3.59. The molecule has 0 atom stereocenters. The zero-order chi connectivity index (χ0) is 16.2. The normalized spacial score (nSPS) is 10.7. The van der Waals surface area contributed by atoms with Crippen LogP contribution in [-0.2, 0) is 16.4 Å². The number of hydrogen-bond acceptors (Lipinski definition) is 5. The molecule has 112 valence electrons. The summed E-state index contributed by atoms with van der Waals surface area (Å²) in [6, 6.07) is 13.1. The van der Waals surface area contributed by atoms with Gasteiger partial charge in [-0.2, -0.15) is 5.26 Å². The zero-order valence-electron chi connectivity index (χ0n) is 11.3. The molecule has 0 bridgehead atoms. The maximum Gasteiger partial charge on any atom is 0.270 e. The number of hydrogen-bond donors (Lipinski definition) is 1. The van der Waals surface area contributed by atoms with Crippen molar-refractivity contribution in [2.45, 2.75) is 11.3 Å².